The quantitative estimate of drug-likeness (QED) is 0.115. The van der Waals surface area contributed by atoms with Crippen LogP contribution in [-0.4, -0.2) is 53.9 Å². The maximum atomic E-state index is 6.91. The van der Waals surface area contributed by atoms with E-state index < -0.39 is 0 Å². The van der Waals surface area contributed by atoms with Gasteiger partial charge >= 0.3 is 0 Å². The van der Waals surface area contributed by atoms with Gasteiger partial charge in [0.05, 0.1) is 45.2 Å². The van der Waals surface area contributed by atoms with Crippen molar-refractivity contribution in [2.75, 3.05) is 19.7 Å². The Morgan fingerprint density at radius 2 is 1.02 bits per heavy atom. The minimum atomic E-state index is -0.320. The highest BCUT2D eigenvalue weighted by Crippen LogP contribution is 2.29. The van der Waals surface area contributed by atoms with Crippen LogP contribution in [0.2, 0.25) is 0 Å². The number of ether oxygens (including phenoxy) is 4. The van der Waals surface area contributed by atoms with Gasteiger partial charge in [0.1, 0.15) is 12.2 Å². The lowest BCUT2D eigenvalue weighted by molar-refractivity contribution is -0.210. The zero-order chi connectivity index (χ0) is 31.9. The monoisotopic (exact) mass is 628 g/mol. The molecule has 47 heavy (non-hydrogen) atoms. The second-order valence-corrected chi connectivity index (χ2v) is 12.0. The Morgan fingerprint density at radius 3 is 1.55 bits per heavy atom. The molecule has 0 spiro atoms. The molecule has 1 aromatic heterocycles. The third-order valence-electron chi connectivity index (χ3n) is 8.61. The van der Waals surface area contributed by atoms with E-state index in [0.717, 1.165) is 40.9 Å². The van der Waals surface area contributed by atoms with Crippen molar-refractivity contribution in [3.05, 3.63) is 174 Å². The summed E-state index contributed by atoms with van der Waals surface area (Å²) in [5.41, 5.74) is 5.56. The Kier molecular flexibility index (Phi) is 12.3. The third kappa shape index (κ3) is 9.91. The van der Waals surface area contributed by atoms with Crippen molar-refractivity contribution < 1.29 is 18.9 Å². The smallest absolute Gasteiger partial charge is 0.113 e. The summed E-state index contributed by atoms with van der Waals surface area (Å²) >= 11 is 0. The molecule has 1 aliphatic rings. The Bertz CT molecular complexity index is 1560. The van der Waals surface area contributed by atoms with E-state index in [9.17, 15) is 0 Å². The van der Waals surface area contributed by atoms with Gasteiger partial charge in [-0.1, -0.05) is 127 Å². The molecular weight excluding hydrogens is 584 g/mol. The average molecular weight is 629 g/mol. The van der Waals surface area contributed by atoms with Crippen LogP contribution in [0.1, 0.15) is 27.9 Å². The van der Waals surface area contributed by atoms with E-state index in [2.05, 4.69) is 64.5 Å². The minimum absolute atomic E-state index is 0.0662. The number of likely N-dealkylation sites (tertiary alicyclic amines) is 1. The lowest BCUT2D eigenvalue weighted by Crippen LogP contribution is -2.64. The SMILES string of the molecule is c1ccc(COC[C@@H]2[C@@H](OCc3ccccc3)[C@H](OCc3ccccc3)[C@@H](OCc3ccccc3)CN2CCc2ccccn2)cc1. The van der Waals surface area contributed by atoms with Crippen molar-refractivity contribution in [2.24, 2.45) is 0 Å². The summed E-state index contributed by atoms with van der Waals surface area (Å²) < 4.78 is 27.0. The maximum Gasteiger partial charge on any atom is 0.113 e. The molecule has 5 aromatic rings. The van der Waals surface area contributed by atoms with Gasteiger partial charge in [0, 0.05) is 31.4 Å². The van der Waals surface area contributed by atoms with Gasteiger partial charge in [-0.25, -0.2) is 0 Å². The fourth-order valence-corrected chi connectivity index (χ4v) is 6.11. The van der Waals surface area contributed by atoms with Gasteiger partial charge < -0.3 is 18.9 Å². The van der Waals surface area contributed by atoms with Crippen molar-refractivity contribution in [1.29, 1.82) is 0 Å². The summed E-state index contributed by atoms with van der Waals surface area (Å²) in [6.07, 6.45) is 1.81. The fraction of sp³-hybridized carbons (Fsp3) is 0.293. The van der Waals surface area contributed by atoms with Crippen LogP contribution in [0.5, 0.6) is 0 Å². The standard InChI is InChI=1S/C41H44N2O4/c1-5-15-33(16-6-1)28-44-32-38-40(46-30-35-19-9-3-10-20-35)41(47-31-36-21-11-4-12-22-36)39(45-29-34-17-7-2-8-18-34)27-43(38)26-24-37-23-13-14-25-42-37/h1-23,25,38-41H,24,26-32H2/t38-,39+,40-,41-/m1/s1. The van der Waals surface area contributed by atoms with Crippen molar-refractivity contribution in [2.45, 2.75) is 57.2 Å². The molecule has 6 nitrogen and oxygen atoms in total. The number of benzene rings is 4. The minimum Gasteiger partial charge on any atom is -0.375 e. The Morgan fingerprint density at radius 1 is 0.532 bits per heavy atom. The number of piperidine rings is 1. The first-order valence-electron chi connectivity index (χ1n) is 16.5. The third-order valence-corrected chi connectivity index (χ3v) is 8.61. The Labute approximate surface area is 278 Å². The summed E-state index contributed by atoms with van der Waals surface area (Å²) in [4.78, 5) is 7.08. The van der Waals surface area contributed by atoms with Gasteiger partial charge in [-0.15, -0.1) is 0 Å². The van der Waals surface area contributed by atoms with Crippen molar-refractivity contribution >= 4 is 0 Å². The van der Waals surface area contributed by atoms with E-state index in [1.54, 1.807) is 0 Å². The molecular formula is C41H44N2O4. The first-order chi connectivity index (χ1) is 23.3. The molecule has 0 N–H and O–H groups in total. The predicted molar refractivity (Wildman–Crippen MR) is 184 cm³/mol. The van der Waals surface area contributed by atoms with E-state index in [-0.39, 0.29) is 24.4 Å². The van der Waals surface area contributed by atoms with Gasteiger partial charge in [-0.3, -0.25) is 9.88 Å². The Hall–Kier alpha value is -4.17. The number of rotatable bonds is 16. The lowest BCUT2D eigenvalue weighted by atomic mass is 9.92. The molecule has 0 bridgehead atoms. The lowest BCUT2D eigenvalue weighted by Gasteiger charge is -2.48. The molecule has 4 atom stereocenters. The van der Waals surface area contributed by atoms with E-state index in [1.807, 2.05) is 91.1 Å². The van der Waals surface area contributed by atoms with Gasteiger partial charge in [0.2, 0.25) is 0 Å². The predicted octanol–water partition coefficient (Wildman–Crippen LogP) is 7.28. The molecule has 1 aliphatic heterocycles. The summed E-state index contributed by atoms with van der Waals surface area (Å²) in [5, 5.41) is 0. The van der Waals surface area contributed by atoms with E-state index in [4.69, 9.17) is 18.9 Å². The van der Waals surface area contributed by atoms with Crippen LogP contribution in [0.3, 0.4) is 0 Å². The highest BCUT2D eigenvalue weighted by atomic mass is 16.6. The summed E-state index contributed by atoms with van der Waals surface area (Å²) in [7, 11) is 0. The zero-order valence-electron chi connectivity index (χ0n) is 26.9. The fourth-order valence-electron chi connectivity index (χ4n) is 6.11. The number of hydrogen-bond donors (Lipinski definition) is 0. The van der Waals surface area contributed by atoms with Gasteiger partial charge in [-0.05, 0) is 34.4 Å². The maximum absolute atomic E-state index is 6.91. The zero-order valence-corrected chi connectivity index (χ0v) is 26.9. The number of nitrogens with zero attached hydrogens (tertiary/aromatic N) is 2. The second-order valence-electron chi connectivity index (χ2n) is 12.0. The largest absolute Gasteiger partial charge is 0.375 e. The van der Waals surface area contributed by atoms with Crippen LogP contribution in [-0.2, 0) is 51.8 Å². The van der Waals surface area contributed by atoms with Crippen molar-refractivity contribution in [3.8, 4) is 0 Å². The second kappa shape index (κ2) is 17.7. The first kappa shape index (κ1) is 32.8. The van der Waals surface area contributed by atoms with Crippen LogP contribution in [0.4, 0.5) is 0 Å². The van der Waals surface area contributed by atoms with Crippen LogP contribution in [0, 0.1) is 0 Å². The molecule has 6 heteroatoms. The molecule has 0 unspecified atom stereocenters. The summed E-state index contributed by atoms with van der Waals surface area (Å²) in [6, 6.07) is 47.3. The van der Waals surface area contributed by atoms with Gasteiger partial charge in [0.25, 0.3) is 0 Å². The Balaban J connectivity index is 1.29. The van der Waals surface area contributed by atoms with E-state index >= 15 is 0 Å². The van der Waals surface area contributed by atoms with Gasteiger partial charge in [-0.2, -0.15) is 0 Å². The van der Waals surface area contributed by atoms with E-state index in [1.165, 1.54) is 0 Å². The van der Waals surface area contributed by atoms with Gasteiger partial charge in [0.15, 0.2) is 0 Å². The van der Waals surface area contributed by atoms with Crippen LogP contribution >= 0.6 is 0 Å². The van der Waals surface area contributed by atoms with Crippen LogP contribution < -0.4 is 0 Å². The topological polar surface area (TPSA) is 53.1 Å². The molecule has 0 amide bonds. The molecule has 1 fully saturated rings. The molecule has 4 aromatic carbocycles. The van der Waals surface area contributed by atoms with Crippen molar-refractivity contribution in [3.63, 3.8) is 0 Å². The summed E-state index contributed by atoms with van der Waals surface area (Å²) in [5.74, 6) is 0. The molecule has 0 aliphatic carbocycles. The molecule has 0 saturated carbocycles. The molecule has 2 heterocycles. The van der Waals surface area contributed by atoms with Crippen LogP contribution in [0.15, 0.2) is 146 Å². The van der Waals surface area contributed by atoms with E-state index in [0.29, 0.717) is 39.6 Å². The molecule has 6 rings (SSSR count). The number of pyridine rings is 1. The molecule has 242 valence electrons. The number of aromatic nitrogens is 1. The number of hydrogen-bond acceptors (Lipinski definition) is 6. The highest BCUT2D eigenvalue weighted by Gasteiger charge is 2.46. The summed E-state index contributed by atoms with van der Waals surface area (Å²) in [6.45, 7) is 3.92. The molecule has 1 saturated heterocycles. The van der Waals surface area contributed by atoms with Crippen LogP contribution in [0.25, 0.3) is 0 Å². The first-order valence-corrected chi connectivity index (χ1v) is 16.5. The normalized spacial score (nSPS) is 19.8. The van der Waals surface area contributed by atoms with Crippen molar-refractivity contribution in [1.82, 2.24) is 9.88 Å². The average Bonchev–Trinajstić information content (AvgIpc) is 3.14. The molecule has 0 radical (unpaired) electrons. The highest BCUT2D eigenvalue weighted by molar-refractivity contribution is 5.17.